The van der Waals surface area contributed by atoms with Crippen LogP contribution in [0.15, 0.2) is 0 Å². The molecule has 37 heavy (non-hydrogen) atoms. The number of ketones is 4. The minimum Gasteiger partial charge on any atom is -0.475 e. The van der Waals surface area contributed by atoms with Crippen molar-refractivity contribution in [3.8, 4) is 0 Å². The zero-order valence-electron chi connectivity index (χ0n) is 17.6. The molecular weight excluding hydrogens is 524 g/mol. The zero-order chi connectivity index (χ0) is 29.1. The molecule has 20 nitrogen and oxygen atoms in total. The Kier molecular flexibility index (Phi) is 11.4. The van der Waals surface area contributed by atoms with Gasteiger partial charge < -0.3 is 39.4 Å². The first-order valence-corrected chi connectivity index (χ1v) is 8.81. The summed E-state index contributed by atoms with van der Waals surface area (Å²) in [5.41, 5.74) is 0. The fourth-order valence-electron chi connectivity index (χ4n) is 1.65. The summed E-state index contributed by atoms with van der Waals surface area (Å²) in [4.78, 5) is 135. The maximum Gasteiger partial charge on any atom is 0.619 e. The first kappa shape index (κ1) is 31.4. The largest absolute Gasteiger partial charge is 0.619 e. The highest BCUT2D eigenvalue weighted by Crippen LogP contribution is 2.22. The van der Waals surface area contributed by atoms with Gasteiger partial charge >= 0.3 is 53.9 Å². The van der Waals surface area contributed by atoms with Crippen LogP contribution in [0.2, 0.25) is 0 Å². The smallest absolute Gasteiger partial charge is 0.475 e. The van der Waals surface area contributed by atoms with Gasteiger partial charge in [0.1, 0.15) is 25.7 Å². The molecule has 0 fully saturated rings. The van der Waals surface area contributed by atoms with E-state index in [1.165, 1.54) is 0 Å². The highest BCUT2D eigenvalue weighted by molar-refractivity contribution is 6.37. The Hall–Kier alpha value is -5.56. The molecule has 4 N–H and O–H groups in total. The molecule has 0 rings (SSSR count). The van der Waals surface area contributed by atoms with Crippen LogP contribution in [0.3, 0.4) is 0 Å². The molecule has 200 valence electrons. The molecule has 0 aromatic carbocycles. The van der Waals surface area contributed by atoms with Gasteiger partial charge in [0.05, 0.1) is 0 Å². The second-order valence-electron chi connectivity index (χ2n) is 6.02. The highest BCUT2D eigenvalue weighted by atomic mass is 17.0. The molecular formula is C17H12O20. The van der Waals surface area contributed by atoms with Crippen molar-refractivity contribution in [2.24, 2.45) is 0 Å². The van der Waals surface area contributed by atoms with Crippen LogP contribution < -0.4 is 0 Å². The van der Waals surface area contributed by atoms with E-state index in [4.69, 9.17) is 20.4 Å². The minimum atomic E-state index is -4.29. The summed E-state index contributed by atoms with van der Waals surface area (Å²) in [6.07, 6.45) is -11.4. The van der Waals surface area contributed by atoms with E-state index in [9.17, 15) is 57.5 Å². The van der Waals surface area contributed by atoms with Crippen LogP contribution in [-0.4, -0.2) is 97.5 Å². The van der Waals surface area contributed by atoms with E-state index in [-0.39, 0.29) is 0 Å². The third kappa shape index (κ3) is 11.4. The van der Waals surface area contributed by atoms with Crippen molar-refractivity contribution < 1.29 is 96.9 Å². The Labute approximate surface area is 200 Å². The second kappa shape index (κ2) is 13.4. The molecule has 0 heterocycles. The van der Waals surface area contributed by atoms with E-state index >= 15 is 0 Å². The van der Waals surface area contributed by atoms with Crippen molar-refractivity contribution in [2.45, 2.75) is 31.8 Å². The van der Waals surface area contributed by atoms with Crippen LogP contribution in [-0.2, 0) is 76.5 Å². The van der Waals surface area contributed by atoms with Crippen LogP contribution in [0.1, 0.15) is 25.7 Å². The van der Waals surface area contributed by atoms with E-state index < -0.39 is 103 Å². The average molecular weight is 536 g/mol. The number of Topliss-reactive ketones (excluding diaryl/α,β-unsaturated/α-hetero) is 4. The number of carbonyl (C=O) groups is 12. The molecule has 0 unspecified atom stereocenters. The Bertz CT molecular complexity index is 919. The van der Waals surface area contributed by atoms with E-state index in [0.29, 0.717) is 0 Å². The topological polar surface area (TPSA) is 323 Å². The average Bonchev–Trinajstić information content (AvgIpc) is 2.72. The van der Waals surface area contributed by atoms with Gasteiger partial charge in [-0.2, -0.15) is 0 Å². The number of aliphatic carboxylic acids is 4. The van der Waals surface area contributed by atoms with Crippen molar-refractivity contribution in [2.75, 3.05) is 0 Å². The van der Waals surface area contributed by atoms with Crippen molar-refractivity contribution in [3.05, 3.63) is 0 Å². The summed E-state index contributed by atoms with van der Waals surface area (Å²) in [6.45, 7) is 0. The van der Waals surface area contributed by atoms with Gasteiger partial charge in [0.25, 0.3) is 23.1 Å². The molecule has 0 saturated carbocycles. The molecule has 0 spiro atoms. The fourth-order valence-corrected chi connectivity index (χ4v) is 1.65. The number of hydrogen-bond donors (Lipinski definition) is 4. The fraction of sp³-hybridized carbons (Fsp3) is 0.294. The molecule has 0 aliphatic carbocycles. The van der Waals surface area contributed by atoms with Crippen LogP contribution >= 0.6 is 0 Å². The van der Waals surface area contributed by atoms with Gasteiger partial charge in [0, 0.05) is 0 Å². The van der Waals surface area contributed by atoms with Crippen molar-refractivity contribution in [3.63, 3.8) is 0 Å². The summed E-state index contributed by atoms with van der Waals surface area (Å²) in [5.74, 6) is -25.2. The number of esters is 4. The number of hydrogen-bond acceptors (Lipinski definition) is 16. The standard InChI is InChI=1S/C17H12O20/c18-5(13(26)27)1-9(22)34-17(35-10(23)2-6(19)14(28)29,36-11(24)3-7(20)15(30)31)37-12(25)4-8(21)16(32)33/h1-4H2,(H,26,27)(H,28,29)(H,30,31)(H,32,33). The first-order valence-electron chi connectivity index (χ1n) is 8.81. The third-order valence-electron chi connectivity index (χ3n) is 3.13. The van der Waals surface area contributed by atoms with Crippen LogP contribution in [0.25, 0.3) is 0 Å². The molecule has 0 aromatic heterocycles. The lowest BCUT2D eigenvalue weighted by Gasteiger charge is -2.28. The first-order chi connectivity index (χ1) is 16.9. The lowest BCUT2D eigenvalue weighted by Crippen LogP contribution is -2.49. The van der Waals surface area contributed by atoms with E-state index in [1.807, 2.05) is 0 Å². The number of carbonyl (C=O) groups excluding carboxylic acids is 8. The quantitative estimate of drug-likeness (QED) is 0.0630. The van der Waals surface area contributed by atoms with Crippen LogP contribution in [0.4, 0.5) is 0 Å². The van der Waals surface area contributed by atoms with Gasteiger partial charge in [0.2, 0.25) is 0 Å². The van der Waals surface area contributed by atoms with Crippen LogP contribution in [0, 0.1) is 0 Å². The van der Waals surface area contributed by atoms with Crippen LogP contribution in [0.5, 0.6) is 0 Å². The molecule has 0 radical (unpaired) electrons. The molecule has 0 aliphatic rings. The summed E-state index contributed by atoms with van der Waals surface area (Å²) in [6, 6.07) is 0. The maximum atomic E-state index is 11.9. The predicted octanol–water partition coefficient (Wildman–Crippen LogP) is -4.05. The summed E-state index contributed by atoms with van der Waals surface area (Å²) in [7, 11) is 0. The molecule has 0 saturated heterocycles. The van der Waals surface area contributed by atoms with Gasteiger partial charge in [-0.05, 0) is 0 Å². The number of ether oxygens (including phenoxy) is 4. The minimum absolute atomic E-state index is 1.76. The van der Waals surface area contributed by atoms with Gasteiger partial charge in [-0.15, -0.1) is 0 Å². The monoisotopic (exact) mass is 536 g/mol. The van der Waals surface area contributed by atoms with Crippen molar-refractivity contribution >= 4 is 70.9 Å². The Morgan fingerprint density at radius 3 is 0.676 bits per heavy atom. The molecule has 0 aromatic rings. The Morgan fingerprint density at radius 1 is 0.378 bits per heavy atom. The molecule has 0 aliphatic heterocycles. The van der Waals surface area contributed by atoms with Crippen molar-refractivity contribution in [1.82, 2.24) is 0 Å². The number of carboxylic acid groups (broad SMARTS) is 4. The molecule has 20 heteroatoms. The van der Waals surface area contributed by atoms with Gasteiger partial charge in [-0.25, -0.2) is 19.2 Å². The van der Waals surface area contributed by atoms with Gasteiger partial charge in [0.15, 0.2) is 0 Å². The SMILES string of the molecule is O=C(CC(=O)C(=O)O)OC(OC(=O)CC(=O)C(=O)O)(OC(=O)CC(=O)C(=O)O)OC(=O)CC(=O)C(=O)O. The Balaban J connectivity index is 6.41. The summed E-state index contributed by atoms with van der Waals surface area (Å²) < 4.78 is 16.7. The van der Waals surface area contributed by atoms with E-state index in [1.54, 1.807) is 0 Å². The molecule has 0 amide bonds. The van der Waals surface area contributed by atoms with Crippen molar-refractivity contribution in [1.29, 1.82) is 0 Å². The normalized spacial score (nSPS) is 10.2. The lowest BCUT2D eigenvalue weighted by atomic mass is 10.3. The third-order valence-corrected chi connectivity index (χ3v) is 3.13. The van der Waals surface area contributed by atoms with E-state index in [2.05, 4.69) is 18.9 Å². The highest BCUT2D eigenvalue weighted by Gasteiger charge is 2.51. The number of rotatable bonds is 16. The second-order valence-corrected chi connectivity index (χ2v) is 6.02. The predicted molar refractivity (Wildman–Crippen MR) is 96.1 cm³/mol. The summed E-state index contributed by atoms with van der Waals surface area (Å²) in [5, 5.41) is 34.1. The van der Waals surface area contributed by atoms with Gasteiger partial charge in [-0.1, -0.05) is 0 Å². The Morgan fingerprint density at radius 2 is 0.541 bits per heavy atom. The maximum absolute atomic E-state index is 11.9. The van der Waals surface area contributed by atoms with Gasteiger partial charge in [-0.3, -0.25) is 38.4 Å². The zero-order valence-corrected chi connectivity index (χ0v) is 17.6. The summed E-state index contributed by atoms with van der Waals surface area (Å²) >= 11 is 0. The lowest BCUT2D eigenvalue weighted by molar-refractivity contribution is -0.431. The molecule has 0 bridgehead atoms. The number of carboxylic acids is 4. The molecule has 0 atom stereocenters. The van der Waals surface area contributed by atoms with E-state index in [0.717, 1.165) is 0 Å².